The topological polar surface area (TPSA) is 45.5 Å². The molecule has 0 aliphatic carbocycles. The molecule has 0 radical (unpaired) electrons. The van der Waals surface area contributed by atoms with E-state index in [1.807, 2.05) is 31.2 Å². The molecule has 1 amide bonds. The quantitative estimate of drug-likeness (QED) is 0.740. The predicted molar refractivity (Wildman–Crippen MR) is 101 cm³/mol. The lowest BCUT2D eigenvalue weighted by Crippen LogP contribution is -2.36. The maximum atomic E-state index is 12.8. The Balaban J connectivity index is 1.52. The monoisotopic (exact) mass is 354 g/mol. The van der Waals surface area contributed by atoms with E-state index in [2.05, 4.69) is 22.3 Å². The van der Waals surface area contributed by atoms with Crippen molar-refractivity contribution in [3.8, 4) is 0 Å². The molecule has 5 heteroatoms. The molecule has 25 heavy (non-hydrogen) atoms. The van der Waals surface area contributed by atoms with Gasteiger partial charge in [-0.25, -0.2) is 0 Å². The Morgan fingerprint density at radius 2 is 2.04 bits per heavy atom. The number of hydrogen-bond donors (Lipinski definition) is 1. The first-order chi connectivity index (χ1) is 12.2. The molecule has 0 unspecified atom stereocenters. The zero-order chi connectivity index (χ0) is 17.2. The molecule has 1 aliphatic rings. The molecule has 130 valence electrons. The van der Waals surface area contributed by atoms with Crippen LogP contribution in [0.3, 0.4) is 0 Å². The lowest BCUT2D eigenvalue weighted by molar-refractivity contribution is 0.0937. The van der Waals surface area contributed by atoms with Crippen molar-refractivity contribution < 1.29 is 9.21 Å². The summed E-state index contributed by atoms with van der Waals surface area (Å²) in [5.41, 5.74) is 1.06. The Kier molecular flexibility index (Phi) is 4.59. The van der Waals surface area contributed by atoms with Gasteiger partial charge in [-0.3, -0.25) is 9.69 Å². The van der Waals surface area contributed by atoms with Gasteiger partial charge in [0, 0.05) is 11.2 Å². The first-order valence-corrected chi connectivity index (χ1v) is 9.59. The number of furan rings is 1. The molecule has 1 atom stereocenters. The van der Waals surface area contributed by atoms with Crippen molar-refractivity contribution in [3.63, 3.8) is 0 Å². The zero-order valence-corrected chi connectivity index (χ0v) is 15.1. The maximum Gasteiger partial charge on any atom is 0.261 e. The van der Waals surface area contributed by atoms with E-state index in [0.717, 1.165) is 34.0 Å². The van der Waals surface area contributed by atoms with Crippen LogP contribution in [0.4, 0.5) is 0 Å². The van der Waals surface area contributed by atoms with E-state index < -0.39 is 0 Å². The molecule has 2 aromatic heterocycles. The summed E-state index contributed by atoms with van der Waals surface area (Å²) in [5, 5.41) is 4.30. The second-order valence-corrected chi connectivity index (χ2v) is 7.59. The second-order valence-electron chi connectivity index (χ2n) is 6.54. The lowest BCUT2D eigenvalue weighted by atomic mass is 10.1. The molecule has 1 aliphatic heterocycles. The summed E-state index contributed by atoms with van der Waals surface area (Å²) in [7, 11) is 0. The zero-order valence-electron chi connectivity index (χ0n) is 14.3. The molecule has 0 bridgehead atoms. The predicted octanol–water partition coefficient (Wildman–Crippen LogP) is 4.37. The van der Waals surface area contributed by atoms with Crippen molar-refractivity contribution in [1.82, 2.24) is 10.2 Å². The molecule has 4 nitrogen and oxygen atoms in total. The van der Waals surface area contributed by atoms with Gasteiger partial charge in [-0.15, -0.1) is 11.3 Å². The fraction of sp³-hybridized carbons (Fsp3) is 0.350. The number of fused-ring (bicyclic) bond motifs is 1. The van der Waals surface area contributed by atoms with Crippen molar-refractivity contribution in [2.45, 2.75) is 25.8 Å². The smallest absolute Gasteiger partial charge is 0.261 e. The molecule has 1 N–H and O–H groups in total. The van der Waals surface area contributed by atoms with Gasteiger partial charge in [0.15, 0.2) is 0 Å². The first-order valence-electron chi connectivity index (χ1n) is 8.78. The highest BCUT2D eigenvalue weighted by molar-refractivity contribution is 7.21. The Labute approximate surface area is 151 Å². The summed E-state index contributed by atoms with van der Waals surface area (Å²) >= 11 is 1.56. The summed E-state index contributed by atoms with van der Waals surface area (Å²) in [4.78, 5) is 16.0. The highest BCUT2D eigenvalue weighted by Crippen LogP contribution is 2.31. The van der Waals surface area contributed by atoms with E-state index in [4.69, 9.17) is 4.42 Å². The first kappa shape index (κ1) is 16.4. The highest BCUT2D eigenvalue weighted by atomic mass is 32.1. The van der Waals surface area contributed by atoms with Crippen molar-refractivity contribution in [1.29, 1.82) is 0 Å². The number of carbonyl (C=O) groups excluding carboxylic acids is 1. The molecule has 1 aromatic carbocycles. The van der Waals surface area contributed by atoms with Crippen LogP contribution < -0.4 is 5.32 Å². The Morgan fingerprint density at radius 3 is 2.76 bits per heavy atom. The van der Waals surface area contributed by atoms with Gasteiger partial charge in [-0.05, 0) is 62.0 Å². The van der Waals surface area contributed by atoms with Gasteiger partial charge in [0.1, 0.15) is 5.76 Å². The normalized spacial score (nSPS) is 16.4. The second kappa shape index (κ2) is 7.02. The van der Waals surface area contributed by atoms with Gasteiger partial charge in [0.05, 0.1) is 17.2 Å². The minimum absolute atomic E-state index is 0.00875. The third-order valence-corrected chi connectivity index (χ3v) is 6.23. The van der Waals surface area contributed by atoms with Crippen LogP contribution >= 0.6 is 11.3 Å². The van der Waals surface area contributed by atoms with Gasteiger partial charge in [-0.2, -0.15) is 0 Å². The number of rotatable bonds is 5. The number of likely N-dealkylation sites (tertiary alicyclic amines) is 1. The third kappa shape index (κ3) is 3.22. The lowest BCUT2D eigenvalue weighted by Gasteiger charge is -2.25. The SMILES string of the molecule is Cc1c(C(=O)NC[C@H](c2ccco2)N2CCCC2)sc2ccccc12. The number of aryl methyl sites for hydroxylation is 1. The van der Waals surface area contributed by atoms with Gasteiger partial charge in [0.2, 0.25) is 0 Å². The average Bonchev–Trinajstić information content (AvgIpc) is 3.37. The highest BCUT2D eigenvalue weighted by Gasteiger charge is 2.26. The van der Waals surface area contributed by atoms with Crippen LogP contribution in [-0.4, -0.2) is 30.4 Å². The van der Waals surface area contributed by atoms with Crippen molar-refractivity contribution >= 4 is 27.3 Å². The number of thiophene rings is 1. The number of hydrogen-bond acceptors (Lipinski definition) is 4. The van der Waals surface area contributed by atoms with Crippen molar-refractivity contribution in [2.75, 3.05) is 19.6 Å². The number of amides is 1. The fourth-order valence-corrected chi connectivity index (χ4v) is 4.73. The Morgan fingerprint density at radius 1 is 1.24 bits per heavy atom. The molecule has 3 heterocycles. The summed E-state index contributed by atoms with van der Waals surface area (Å²) < 4.78 is 6.79. The van der Waals surface area contributed by atoms with Gasteiger partial charge in [-0.1, -0.05) is 18.2 Å². The summed E-state index contributed by atoms with van der Waals surface area (Å²) in [6.45, 7) is 4.71. The van der Waals surface area contributed by atoms with Crippen LogP contribution in [0.25, 0.3) is 10.1 Å². The van der Waals surface area contributed by atoms with Crippen LogP contribution in [0.15, 0.2) is 47.1 Å². The van der Waals surface area contributed by atoms with Crippen LogP contribution in [0.1, 0.15) is 39.9 Å². The molecule has 3 aromatic rings. The molecule has 4 rings (SSSR count). The average molecular weight is 354 g/mol. The molecule has 0 saturated carbocycles. The van der Waals surface area contributed by atoms with E-state index in [0.29, 0.717) is 6.54 Å². The number of nitrogens with one attached hydrogen (secondary N) is 1. The van der Waals surface area contributed by atoms with Gasteiger partial charge >= 0.3 is 0 Å². The van der Waals surface area contributed by atoms with Crippen LogP contribution in [0.5, 0.6) is 0 Å². The minimum Gasteiger partial charge on any atom is -0.468 e. The maximum absolute atomic E-state index is 12.8. The number of benzene rings is 1. The number of carbonyl (C=O) groups is 1. The van der Waals surface area contributed by atoms with Crippen LogP contribution in [-0.2, 0) is 0 Å². The van der Waals surface area contributed by atoms with E-state index in [-0.39, 0.29) is 11.9 Å². The summed E-state index contributed by atoms with van der Waals surface area (Å²) in [6.07, 6.45) is 4.12. The van der Waals surface area contributed by atoms with E-state index in [9.17, 15) is 4.79 Å². The van der Waals surface area contributed by atoms with E-state index >= 15 is 0 Å². The standard InChI is InChI=1S/C20H22N2O2S/c1-14-15-7-2-3-9-18(15)25-19(14)20(23)21-13-16(17-8-6-12-24-17)22-10-4-5-11-22/h2-3,6-9,12,16H,4-5,10-11,13H2,1H3,(H,21,23)/t16-/m1/s1. The van der Waals surface area contributed by atoms with Crippen molar-refractivity contribution in [2.24, 2.45) is 0 Å². The van der Waals surface area contributed by atoms with E-state index in [1.165, 1.54) is 18.2 Å². The Hall–Kier alpha value is -2.11. The summed E-state index contributed by atoms with van der Waals surface area (Å²) in [6, 6.07) is 12.2. The molecular formula is C20H22N2O2S. The molecule has 1 fully saturated rings. The minimum atomic E-state index is 0.00875. The number of nitrogens with zero attached hydrogens (tertiary/aromatic N) is 1. The molecule has 0 spiro atoms. The van der Waals surface area contributed by atoms with Crippen molar-refractivity contribution in [3.05, 3.63) is 58.9 Å². The van der Waals surface area contributed by atoms with Crippen LogP contribution in [0, 0.1) is 6.92 Å². The van der Waals surface area contributed by atoms with Gasteiger partial charge < -0.3 is 9.73 Å². The fourth-order valence-electron chi connectivity index (χ4n) is 3.60. The third-order valence-electron chi connectivity index (χ3n) is 4.96. The van der Waals surface area contributed by atoms with Gasteiger partial charge in [0.25, 0.3) is 5.91 Å². The summed E-state index contributed by atoms with van der Waals surface area (Å²) in [5.74, 6) is 0.935. The largest absolute Gasteiger partial charge is 0.468 e. The molecular weight excluding hydrogens is 332 g/mol. The van der Waals surface area contributed by atoms with E-state index in [1.54, 1.807) is 17.6 Å². The van der Waals surface area contributed by atoms with Crippen LogP contribution in [0.2, 0.25) is 0 Å². The molecule has 1 saturated heterocycles. The Bertz CT molecular complexity index is 863.